The van der Waals surface area contributed by atoms with Gasteiger partial charge in [0.05, 0.1) is 5.41 Å². The Morgan fingerprint density at radius 1 is 0.765 bits per heavy atom. The van der Waals surface area contributed by atoms with E-state index in [9.17, 15) is 9.59 Å². The maximum Gasteiger partial charge on any atom is 0.292 e. The predicted molar refractivity (Wildman–Crippen MR) is 212 cm³/mol. The van der Waals surface area contributed by atoms with Gasteiger partial charge in [0.1, 0.15) is 6.54 Å². The number of benzene rings is 4. The molecule has 7 heteroatoms. The van der Waals surface area contributed by atoms with Crippen LogP contribution in [-0.4, -0.2) is 49.3 Å². The molecule has 0 saturated heterocycles. The molecular formula is C44H46ClN4O2+. The van der Waals surface area contributed by atoms with Crippen LogP contribution in [-0.2, 0) is 20.4 Å². The lowest BCUT2D eigenvalue weighted by molar-refractivity contribution is -0.424. The fraction of sp³-hybridized carbons (Fsp3) is 0.250. The molecule has 0 saturated carbocycles. The second kappa shape index (κ2) is 14.2. The highest BCUT2D eigenvalue weighted by Crippen LogP contribution is 2.48. The number of fused-ring (bicyclic) bond motifs is 2. The summed E-state index contributed by atoms with van der Waals surface area (Å²) >= 11 is 6.50. The van der Waals surface area contributed by atoms with E-state index in [0.717, 1.165) is 45.3 Å². The molecule has 51 heavy (non-hydrogen) atoms. The number of likely N-dealkylation sites (N-methyl/N-ethyl adjacent to an activating group) is 2. The Morgan fingerprint density at radius 3 is 2.00 bits per heavy atom. The van der Waals surface area contributed by atoms with Gasteiger partial charge in [-0.2, -0.15) is 4.58 Å². The van der Waals surface area contributed by atoms with E-state index in [2.05, 4.69) is 86.6 Å². The summed E-state index contributed by atoms with van der Waals surface area (Å²) in [6.45, 7) is 11.2. The summed E-state index contributed by atoms with van der Waals surface area (Å²) < 4.78 is 2.15. The number of nitrogens with zero attached hydrogens (tertiary/aromatic N) is 4. The summed E-state index contributed by atoms with van der Waals surface area (Å²) in [6, 6.07) is 33.7. The van der Waals surface area contributed by atoms with Crippen molar-refractivity contribution in [2.75, 3.05) is 41.9 Å². The first kappa shape index (κ1) is 35.6. The zero-order chi connectivity index (χ0) is 36.5. The minimum atomic E-state index is -0.391. The van der Waals surface area contributed by atoms with Gasteiger partial charge < -0.3 is 14.7 Å². The van der Waals surface area contributed by atoms with Crippen LogP contribution in [0, 0.1) is 0 Å². The molecule has 0 atom stereocenters. The van der Waals surface area contributed by atoms with Crippen LogP contribution in [0.15, 0.2) is 139 Å². The van der Waals surface area contributed by atoms with Crippen molar-refractivity contribution in [1.82, 2.24) is 0 Å². The smallest absolute Gasteiger partial charge is 0.292 e. The van der Waals surface area contributed by atoms with Crippen LogP contribution in [0.5, 0.6) is 0 Å². The second-order valence-electron chi connectivity index (χ2n) is 14.4. The van der Waals surface area contributed by atoms with Gasteiger partial charge in [0.25, 0.3) is 5.91 Å². The quantitative estimate of drug-likeness (QED) is 0.129. The summed E-state index contributed by atoms with van der Waals surface area (Å²) in [5, 5.41) is 0.667. The van der Waals surface area contributed by atoms with Crippen molar-refractivity contribution in [3.63, 3.8) is 0 Å². The van der Waals surface area contributed by atoms with E-state index >= 15 is 0 Å². The number of para-hydroxylation sites is 3. The summed E-state index contributed by atoms with van der Waals surface area (Å²) in [5.41, 5.74) is 8.41. The largest absolute Gasteiger partial charge is 0.335 e. The third kappa shape index (κ3) is 6.93. The van der Waals surface area contributed by atoms with Gasteiger partial charge in [0, 0.05) is 65.0 Å². The number of amides is 2. The topological polar surface area (TPSA) is 46.9 Å². The molecule has 0 radical (unpaired) electrons. The van der Waals surface area contributed by atoms with E-state index in [4.69, 9.17) is 11.6 Å². The Balaban J connectivity index is 1.33. The fourth-order valence-electron chi connectivity index (χ4n) is 7.18. The molecule has 0 aromatic heterocycles. The molecule has 2 heterocycles. The SMILES string of the molecule is CC(/C=C/C1=[N+](CC(=O)N(C)c2ccccc2)c2ccccc2C1(C)C)=C\C=C1\N(CC(=O)N(C)c2ccccc2)c2ccc(Cl)cc2C1(C)C. The molecule has 4 aromatic carbocycles. The van der Waals surface area contributed by atoms with E-state index < -0.39 is 5.41 Å². The van der Waals surface area contributed by atoms with Crippen LogP contribution in [0.2, 0.25) is 5.02 Å². The van der Waals surface area contributed by atoms with Crippen molar-refractivity contribution in [3.8, 4) is 0 Å². The molecule has 6 rings (SSSR count). The fourth-order valence-corrected chi connectivity index (χ4v) is 7.35. The van der Waals surface area contributed by atoms with Crippen LogP contribution in [0.3, 0.4) is 0 Å². The minimum Gasteiger partial charge on any atom is -0.335 e. The zero-order valence-electron chi connectivity index (χ0n) is 30.5. The Morgan fingerprint density at radius 2 is 1.35 bits per heavy atom. The molecule has 4 aromatic rings. The van der Waals surface area contributed by atoms with Crippen molar-refractivity contribution in [1.29, 1.82) is 0 Å². The average Bonchev–Trinajstić information content (AvgIpc) is 3.47. The first-order valence-corrected chi connectivity index (χ1v) is 17.7. The van der Waals surface area contributed by atoms with Gasteiger partial charge in [-0.05, 0) is 74.9 Å². The third-order valence-corrected chi connectivity index (χ3v) is 10.5. The van der Waals surface area contributed by atoms with Crippen molar-refractivity contribution in [2.45, 2.75) is 45.4 Å². The number of carbonyl (C=O) groups is 2. The Hall–Kier alpha value is -5.20. The van der Waals surface area contributed by atoms with Gasteiger partial charge >= 0.3 is 0 Å². The predicted octanol–water partition coefficient (Wildman–Crippen LogP) is 9.23. The van der Waals surface area contributed by atoms with E-state index in [1.807, 2.05) is 99.0 Å². The molecule has 0 spiro atoms. The van der Waals surface area contributed by atoms with Gasteiger partial charge in [-0.1, -0.05) is 97.8 Å². The lowest BCUT2D eigenvalue weighted by Gasteiger charge is -2.28. The molecule has 260 valence electrons. The highest BCUT2D eigenvalue weighted by Gasteiger charge is 2.45. The Labute approximate surface area is 307 Å². The van der Waals surface area contributed by atoms with Gasteiger partial charge in [0.15, 0.2) is 5.71 Å². The maximum absolute atomic E-state index is 13.7. The zero-order valence-corrected chi connectivity index (χ0v) is 31.3. The number of hydrogen-bond donors (Lipinski definition) is 0. The lowest BCUT2D eigenvalue weighted by atomic mass is 9.81. The molecule has 0 unspecified atom stereocenters. The molecule has 6 nitrogen and oxygen atoms in total. The molecule has 0 bridgehead atoms. The van der Waals surface area contributed by atoms with Crippen LogP contribution < -0.4 is 14.7 Å². The maximum atomic E-state index is 13.7. The number of hydrogen-bond acceptors (Lipinski definition) is 3. The van der Waals surface area contributed by atoms with E-state index in [0.29, 0.717) is 5.02 Å². The van der Waals surface area contributed by atoms with E-state index in [-0.39, 0.29) is 30.3 Å². The normalized spacial score (nSPS) is 16.8. The average molecular weight is 698 g/mol. The van der Waals surface area contributed by atoms with Gasteiger partial charge in [0.2, 0.25) is 18.1 Å². The summed E-state index contributed by atoms with van der Waals surface area (Å²) in [4.78, 5) is 32.9. The summed E-state index contributed by atoms with van der Waals surface area (Å²) in [7, 11) is 3.64. The van der Waals surface area contributed by atoms with Gasteiger partial charge in [-0.3, -0.25) is 9.59 Å². The van der Waals surface area contributed by atoms with Crippen LogP contribution in [0.4, 0.5) is 22.7 Å². The number of rotatable bonds is 9. The first-order chi connectivity index (χ1) is 24.3. The Kier molecular flexibility index (Phi) is 9.92. The molecular weight excluding hydrogens is 652 g/mol. The number of allylic oxidation sites excluding steroid dienone is 6. The molecule has 0 aliphatic carbocycles. The second-order valence-corrected chi connectivity index (χ2v) is 14.8. The van der Waals surface area contributed by atoms with Crippen LogP contribution in [0.25, 0.3) is 0 Å². The molecule has 2 aliphatic rings. The van der Waals surface area contributed by atoms with Crippen LogP contribution >= 0.6 is 11.6 Å². The third-order valence-electron chi connectivity index (χ3n) is 10.3. The van der Waals surface area contributed by atoms with Crippen molar-refractivity contribution in [2.24, 2.45) is 0 Å². The number of anilines is 3. The van der Waals surface area contributed by atoms with Crippen molar-refractivity contribution in [3.05, 3.63) is 155 Å². The summed E-state index contributed by atoms with van der Waals surface area (Å²) in [6.07, 6.45) is 8.49. The number of halogens is 1. The standard InChI is InChI=1S/C44H46ClN4O2/c1-31(22-26-39-43(2,3)35-20-14-15-21-37(35)48(39)29-41(50)46(6)33-16-10-8-11-17-33)23-27-40-44(4,5)36-28-32(45)24-25-38(36)49(40)30-42(51)47(7)34-18-12-9-13-19-34/h8-28H,29-30H2,1-7H3/q+1. The van der Waals surface area contributed by atoms with E-state index in [1.165, 1.54) is 5.56 Å². The highest BCUT2D eigenvalue weighted by atomic mass is 35.5. The van der Waals surface area contributed by atoms with Gasteiger partial charge in [-0.25, -0.2) is 0 Å². The number of carbonyl (C=O) groups excluding carboxylic acids is 2. The van der Waals surface area contributed by atoms with E-state index in [1.54, 1.807) is 9.80 Å². The molecule has 0 fully saturated rings. The molecule has 2 amide bonds. The minimum absolute atomic E-state index is 0.00674. The Bertz CT molecular complexity index is 2090. The summed E-state index contributed by atoms with van der Waals surface area (Å²) in [5.74, 6) is -0.00874. The molecule has 0 N–H and O–H groups in total. The lowest BCUT2D eigenvalue weighted by Crippen LogP contribution is -2.38. The molecule has 2 aliphatic heterocycles. The van der Waals surface area contributed by atoms with Gasteiger partial charge in [-0.15, -0.1) is 0 Å². The first-order valence-electron chi connectivity index (χ1n) is 17.3. The monoisotopic (exact) mass is 697 g/mol. The van der Waals surface area contributed by atoms with Crippen LogP contribution in [0.1, 0.15) is 45.7 Å². The highest BCUT2D eigenvalue weighted by molar-refractivity contribution is 6.30. The van der Waals surface area contributed by atoms with Crippen molar-refractivity contribution < 1.29 is 14.2 Å². The van der Waals surface area contributed by atoms with Crippen molar-refractivity contribution >= 4 is 51.9 Å².